The van der Waals surface area contributed by atoms with Gasteiger partial charge in [-0.3, -0.25) is 0 Å². The maximum atomic E-state index is 6.13. The normalized spacial score (nSPS) is 10.7. The highest BCUT2D eigenvalue weighted by Gasteiger charge is 2.07. The van der Waals surface area contributed by atoms with Gasteiger partial charge >= 0.3 is 0 Å². The third-order valence-electron chi connectivity index (χ3n) is 2.67. The van der Waals surface area contributed by atoms with Gasteiger partial charge in [-0.1, -0.05) is 41.7 Å². The molecule has 0 aliphatic rings. The van der Waals surface area contributed by atoms with Crippen molar-refractivity contribution in [3.05, 3.63) is 51.1 Å². The van der Waals surface area contributed by atoms with Crippen LogP contribution in [0, 0.1) is 0 Å². The van der Waals surface area contributed by atoms with Crippen molar-refractivity contribution in [2.45, 2.75) is 19.9 Å². The van der Waals surface area contributed by atoms with Crippen molar-refractivity contribution < 1.29 is 4.74 Å². The van der Waals surface area contributed by atoms with Crippen molar-refractivity contribution in [2.75, 3.05) is 6.54 Å². The summed E-state index contributed by atoms with van der Waals surface area (Å²) in [6, 6.07) is 8.47. The molecule has 3 nitrogen and oxygen atoms in total. The van der Waals surface area contributed by atoms with E-state index in [1.807, 2.05) is 0 Å². The van der Waals surface area contributed by atoms with Gasteiger partial charge in [0.1, 0.15) is 5.75 Å². The maximum absolute atomic E-state index is 6.13. The van der Waals surface area contributed by atoms with Gasteiger partial charge in [-0.25, -0.2) is 4.98 Å². The monoisotopic (exact) mass is 344 g/mol. The highest BCUT2D eigenvalue weighted by atomic mass is 35.5. The Balaban J connectivity index is 2.14. The van der Waals surface area contributed by atoms with Crippen LogP contribution in [0.5, 0.6) is 11.6 Å². The topological polar surface area (TPSA) is 34.2 Å². The zero-order valence-electron chi connectivity index (χ0n) is 11.5. The highest BCUT2D eigenvalue weighted by molar-refractivity contribution is 6.34. The van der Waals surface area contributed by atoms with E-state index in [9.17, 15) is 0 Å². The molecule has 0 amide bonds. The number of hydrogen-bond acceptors (Lipinski definition) is 3. The number of nitrogens with zero attached hydrogens (tertiary/aromatic N) is 1. The summed E-state index contributed by atoms with van der Waals surface area (Å²) in [6.07, 6.45) is 1.05. The average molecular weight is 346 g/mol. The van der Waals surface area contributed by atoms with Gasteiger partial charge in [-0.15, -0.1) is 0 Å². The predicted octanol–water partition coefficient (Wildman–Crippen LogP) is 5.33. The molecule has 0 aliphatic heterocycles. The second kappa shape index (κ2) is 7.85. The summed E-state index contributed by atoms with van der Waals surface area (Å²) in [5.41, 5.74) is 0.746. The molecule has 112 valence electrons. The molecule has 0 unspecified atom stereocenters. The first kappa shape index (κ1) is 16.4. The van der Waals surface area contributed by atoms with Crippen LogP contribution in [0.3, 0.4) is 0 Å². The Labute approximate surface area is 139 Å². The molecule has 0 atom stereocenters. The van der Waals surface area contributed by atoms with Crippen LogP contribution in [-0.4, -0.2) is 11.5 Å². The molecule has 0 spiro atoms. The first-order valence-corrected chi connectivity index (χ1v) is 7.72. The van der Waals surface area contributed by atoms with Crippen molar-refractivity contribution >= 4 is 34.8 Å². The van der Waals surface area contributed by atoms with Gasteiger partial charge in [0, 0.05) is 22.7 Å². The minimum Gasteiger partial charge on any atom is -0.439 e. The Morgan fingerprint density at radius 2 is 1.81 bits per heavy atom. The summed E-state index contributed by atoms with van der Waals surface area (Å²) in [7, 11) is 0. The SMILES string of the molecule is CCCNCc1nc(Oc2cc(Cl)cc(Cl)c2)ccc1Cl. The molecule has 1 aromatic heterocycles. The molecule has 2 rings (SSSR count). The molecule has 2 aromatic rings. The van der Waals surface area contributed by atoms with E-state index < -0.39 is 0 Å². The summed E-state index contributed by atoms with van der Waals surface area (Å²) in [4.78, 5) is 4.40. The zero-order valence-corrected chi connectivity index (χ0v) is 13.8. The van der Waals surface area contributed by atoms with Crippen LogP contribution in [0.1, 0.15) is 19.0 Å². The van der Waals surface area contributed by atoms with Crippen molar-refractivity contribution in [1.82, 2.24) is 10.3 Å². The third-order valence-corrected chi connectivity index (χ3v) is 3.45. The van der Waals surface area contributed by atoms with Crippen LogP contribution in [0.25, 0.3) is 0 Å². The molecule has 0 saturated heterocycles. The van der Waals surface area contributed by atoms with Crippen LogP contribution in [0.4, 0.5) is 0 Å². The predicted molar refractivity (Wildman–Crippen MR) is 87.8 cm³/mol. The van der Waals surface area contributed by atoms with E-state index in [1.165, 1.54) is 0 Å². The molecule has 0 fully saturated rings. The van der Waals surface area contributed by atoms with E-state index in [4.69, 9.17) is 39.5 Å². The quantitative estimate of drug-likeness (QED) is 0.718. The molecule has 0 bridgehead atoms. The van der Waals surface area contributed by atoms with Gasteiger partial charge in [0.05, 0.1) is 10.7 Å². The summed E-state index contributed by atoms with van der Waals surface area (Å²) in [6.45, 7) is 3.61. The van der Waals surface area contributed by atoms with Gasteiger partial charge < -0.3 is 10.1 Å². The second-order valence-corrected chi connectivity index (χ2v) is 5.74. The second-order valence-electron chi connectivity index (χ2n) is 4.46. The Bertz CT molecular complexity index is 600. The summed E-state index contributed by atoms with van der Waals surface area (Å²) < 4.78 is 5.68. The van der Waals surface area contributed by atoms with E-state index in [1.54, 1.807) is 30.3 Å². The van der Waals surface area contributed by atoms with Crippen molar-refractivity contribution in [3.8, 4) is 11.6 Å². The number of aromatic nitrogens is 1. The average Bonchev–Trinajstić information content (AvgIpc) is 2.41. The number of hydrogen-bond donors (Lipinski definition) is 1. The van der Waals surface area contributed by atoms with Gasteiger partial charge in [0.2, 0.25) is 5.88 Å². The van der Waals surface area contributed by atoms with Crippen LogP contribution < -0.4 is 10.1 Å². The molecule has 0 saturated carbocycles. The molecular weight excluding hydrogens is 331 g/mol. The van der Waals surface area contributed by atoms with Crippen LogP contribution in [0.2, 0.25) is 15.1 Å². The van der Waals surface area contributed by atoms with E-state index in [0.29, 0.717) is 33.2 Å². The number of rotatable bonds is 6. The molecule has 1 aromatic carbocycles. The first-order chi connectivity index (χ1) is 10.1. The fraction of sp³-hybridized carbons (Fsp3) is 0.267. The number of pyridine rings is 1. The lowest BCUT2D eigenvalue weighted by atomic mass is 10.3. The summed E-state index contributed by atoms with van der Waals surface area (Å²) in [5, 5.41) is 4.88. The first-order valence-electron chi connectivity index (χ1n) is 6.58. The third kappa shape index (κ3) is 5.04. The highest BCUT2D eigenvalue weighted by Crippen LogP contribution is 2.28. The summed E-state index contributed by atoms with van der Waals surface area (Å²) in [5.74, 6) is 0.987. The van der Waals surface area contributed by atoms with Crippen molar-refractivity contribution in [2.24, 2.45) is 0 Å². The number of benzene rings is 1. The van der Waals surface area contributed by atoms with Crippen LogP contribution >= 0.6 is 34.8 Å². The molecule has 1 heterocycles. The van der Waals surface area contributed by atoms with Gasteiger partial charge in [-0.2, -0.15) is 0 Å². The van der Waals surface area contributed by atoms with E-state index in [-0.39, 0.29) is 0 Å². The largest absolute Gasteiger partial charge is 0.439 e. The molecule has 1 N–H and O–H groups in total. The molecule has 6 heteroatoms. The minimum atomic E-state index is 0.450. The van der Waals surface area contributed by atoms with Crippen molar-refractivity contribution in [1.29, 1.82) is 0 Å². The van der Waals surface area contributed by atoms with Crippen LogP contribution in [-0.2, 0) is 6.54 Å². The van der Waals surface area contributed by atoms with Gasteiger partial charge in [0.25, 0.3) is 0 Å². The number of ether oxygens (including phenoxy) is 1. The Kier molecular flexibility index (Phi) is 6.12. The van der Waals surface area contributed by atoms with Crippen molar-refractivity contribution in [3.63, 3.8) is 0 Å². The minimum absolute atomic E-state index is 0.450. The zero-order chi connectivity index (χ0) is 15.2. The molecule has 0 aliphatic carbocycles. The molecule has 0 radical (unpaired) electrons. The van der Waals surface area contributed by atoms with Gasteiger partial charge in [0.15, 0.2) is 0 Å². The lowest BCUT2D eigenvalue weighted by molar-refractivity contribution is 0.459. The standard InChI is InChI=1S/C15H15Cl3N2O/c1-2-5-19-9-14-13(18)3-4-15(20-14)21-12-7-10(16)6-11(17)8-12/h3-4,6-8,19H,2,5,9H2,1H3. The summed E-state index contributed by atoms with van der Waals surface area (Å²) >= 11 is 18.0. The smallest absolute Gasteiger partial charge is 0.219 e. The van der Waals surface area contributed by atoms with Gasteiger partial charge in [-0.05, 0) is 37.2 Å². The lowest BCUT2D eigenvalue weighted by Crippen LogP contribution is -2.15. The number of halogens is 3. The molecular formula is C15H15Cl3N2O. The Morgan fingerprint density at radius 3 is 2.48 bits per heavy atom. The van der Waals surface area contributed by atoms with E-state index in [2.05, 4.69) is 17.2 Å². The Hall–Kier alpha value is -1.000. The number of nitrogens with one attached hydrogen (secondary N) is 1. The molecule has 21 heavy (non-hydrogen) atoms. The lowest BCUT2D eigenvalue weighted by Gasteiger charge is -2.09. The van der Waals surface area contributed by atoms with E-state index >= 15 is 0 Å². The van der Waals surface area contributed by atoms with Crippen LogP contribution in [0.15, 0.2) is 30.3 Å². The maximum Gasteiger partial charge on any atom is 0.219 e. The fourth-order valence-corrected chi connectivity index (χ4v) is 2.41. The fourth-order valence-electron chi connectivity index (χ4n) is 1.74. The van der Waals surface area contributed by atoms with E-state index in [0.717, 1.165) is 18.7 Å². The Morgan fingerprint density at radius 1 is 1.10 bits per heavy atom.